The third-order valence-electron chi connectivity index (χ3n) is 2.78. The lowest BCUT2D eigenvalue weighted by atomic mass is 10.1. The summed E-state index contributed by atoms with van der Waals surface area (Å²) < 4.78 is 0. The number of fused-ring (bicyclic) bond motifs is 1. The largest absolute Gasteiger partial charge is 0.382 e. The third-order valence-corrected chi connectivity index (χ3v) is 2.78. The maximum absolute atomic E-state index is 5.84. The Labute approximate surface area is 104 Å². The first-order valence-electron chi connectivity index (χ1n) is 5.66. The van der Waals surface area contributed by atoms with Gasteiger partial charge >= 0.3 is 0 Å². The van der Waals surface area contributed by atoms with E-state index in [1.54, 1.807) is 6.20 Å². The Kier molecular flexibility index (Phi) is 2.37. The Hall–Kier alpha value is -2.56. The number of pyridine rings is 1. The number of rotatable bonds is 2. The van der Waals surface area contributed by atoms with Crippen molar-refractivity contribution in [3.05, 3.63) is 42.5 Å². The predicted octanol–water partition coefficient (Wildman–Crippen LogP) is 2.59. The normalized spacial score (nSPS) is 10.7. The highest BCUT2D eigenvalue weighted by Gasteiger charge is 2.07. The van der Waals surface area contributed by atoms with Gasteiger partial charge in [-0.2, -0.15) is 0 Å². The van der Waals surface area contributed by atoms with Crippen LogP contribution in [0, 0.1) is 6.92 Å². The molecule has 0 radical (unpaired) electrons. The maximum atomic E-state index is 5.84. The summed E-state index contributed by atoms with van der Waals surface area (Å²) in [6.45, 7) is 1.87. The molecule has 5 nitrogen and oxygen atoms in total. The van der Waals surface area contributed by atoms with E-state index >= 15 is 0 Å². The van der Waals surface area contributed by atoms with Gasteiger partial charge in [-0.15, -0.1) is 0 Å². The number of nitrogens with zero attached hydrogens (tertiary/aromatic N) is 2. The highest BCUT2D eigenvalue weighted by atomic mass is 15.1. The van der Waals surface area contributed by atoms with Crippen LogP contribution in [0.2, 0.25) is 0 Å². The smallest absolute Gasteiger partial charge is 0.173 e. The van der Waals surface area contributed by atoms with Crippen LogP contribution in [0.1, 0.15) is 5.82 Å². The highest BCUT2D eigenvalue weighted by molar-refractivity contribution is 5.95. The monoisotopic (exact) mass is 239 g/mol. The Balaban J connectivity index is 2.07. The van der Waals surface area contributed by atoms with Crippen LogP contribution in [0.15, 0.2) is 36.7 Å². The maximum Gasteiger partial charge on any atom is 0.173 e. The van der Waals surface area contributed by atoms with Crippen molar-refractivity contribution in [3.63, 3.8) is 0 Å². The molecule has 0 fully saturated rings. The summed E-state index contributed by atoms with van der Waals surface area (Å²) in [6.07, 6.45) is 3.60. The summed E-state index contributed by atoms with van der Waals surface area (Å²) in [6, 6.07) is 7.95. The molecule has 0 bridgehead atoms. The van der Waals surface area contributed by atoms with E-state index in [-0.39, 0.29) is 0 Å². The first-order chi connectivity index (χ1) is 8.74. The van der Waals surface area contributed by atoms with E-state index < -0.39 is 0 Å². The molecule has 0 spiro atoms. The summed E-state index contributed by atoms with van der Waals surface area (Å²) in [5.74, 6) is 1.98. The molecule has 0 saturated carbocycles. The second kappa shape index (κ2) is 4.03. The van der Waals surface area contributed by atoms with Gasteiger partial charge in [-0.3, -0.25) is 4.98 Å². The number of H-pyrrole nitrogens is 1. The minimum Gasteiger partial charge on any atom is -0.382 e. The molecular formula is C13H13N5. The van der Waals surface area contributed by atoms with Crippen molar-refractivity contribution in [2.45, 2.75) is 6.92 Å². The Morgan fingerprint density at radius 1 is 1.28 bits per heavy atom. The van der Waals surface area contributed by atoms with Crippen LogP contribution in [0.3, 0.4) is 0 Å². The average Bonchev–Trinajstić information content (AvgIpc) is 2.68. The molecule has 0 aliphatic carbocycles. The van der Waals surface area contributed by atoms with Crippen molar-refractivity contribution in [3.8, 4) is 0 Å². The van der Waals surface area contributed by atoms with Gasteiger partial charge in [0.15, 0.2) is 5.82 Å². The molecule has 3 aromatic rings. The summed E-state index contributed by atoms with van der Waals surface area (Å²) in [4.78, 5) is 11.4. The van der Waals surface area contributed by atoms with Gasteiger partial charge in [-0.25, -0.2) is 4.98 Å². The summed E-state index contributed by atoms with van der Waals surface area (Å²) in [5, 5.41) is 5.41. The fourth-order valence-electron chi connectivity index (χ4n) is 1.96. The van der Waals surface area contributed by atoms with Crippen LogP contribution >= 0.6 is 0 Å². The fourth-order valence-corrected chi connectivity index (χ4v) is 1.96. The minimum absolute atomic E-state index is 0.540. The number of anilines is 3. The molecule has 3 rings (SSSR count). The molecule has 0 amide bonds. The second-order valence-electron chi connectivity index (χ2n) is 4.11. The standard InChI is InChI=1S/C13H13N5/c1-8-16-12(14)13(17-8)18-11-4-2-3-9-7-15-6-5-10(9)11/h2-7,18H,14H2,1H3,(H,16,17). The molecule has 1 aromatic carbocycles. The molecule has 2 heterocycles. The number of aromatic amines is 1. The van der Waals surface area contributed by atoms with Crippen molar-refractivity contribution in [1.82, 2.24) is 15.0 Å². The SMILES string of the molecule is Cc1nc(Nc2cccc3cnccc23)c(N)[nH]1. The molecule has 0 unspecified atom stereocenters. The lowest BCUT2D eigenvalue weighted by molar-refractivity contribution is 1.15. The van der Waals surface area contributed by atoms with Gasteiger partial charge in [0, 0.05) is 28.9 Å². The molecule has 18 heavy (non-hydrogen) atoms. The van der Waals surface area contributed by atoms with Crippen LogP contribution in [0.5, 0.6) is 0 Å². The predicted molar refractivity (Wildman–Crippen MR) is 72.8 cm³/mol. The zero-order valence-corrected chi connectivity index (χ0v) is 9.94. The Morgan fingerprint density at radius 3 is 2.94 bits per heavy atom. The number of hydrogen-bond donors (Lipinski definition) is 3. The summed E-state index contributed by atoms with van der Waals surface area (Å²) in [7, 11) is 0. The van der Waals surface area contributed by atoms with Crippen molar-refractivity contribution in [1.29, 1.82) is 0 Å². The van der Waals surface area contributed by atoms with Gasteiger partial charge in [0.25, 0.3) is 0 Å². The summed E-state index contributed by atoms with van der Waals surface area (Å²) in [5.41, 5.74) is 6.81. The topological polar surface area (TPSA) is 79.6 Å². The Morgan fingerprint density at radius 2 is 2.17 bits per heavy atom. The van der Waals surface area contributed by atoms with Gasteiger partial charge in [-0.05, 0) is 19.1 Å². The quantitative estimate of drug-likeness (QED) is 0.642. The van der Waals surface area contributed by atoms with Gasteiger partial charge in [-0.1, -0.05) is 12.1 Å². The van der Waals surface area contributed by atoms with E-state index in [1.165, 1.54) is 0 Å². The number of aryl methyl sites for hydroxylation is 1. The third kappa shape index (κ3) is 1.75. The number of imidazole rings is 1. The van der Waals surface area contributed by atoms with Crippen molar-refractivity contribution in [2.24, 2.45) is 0 Å². The molecule has 0 saturated heterocycles. The van der Waals surface area contributed by atoms with Gasteiger partial charge in [0.05, 0.1) is 0 Å². The molecular weight excluding hydrogens is 226 g/mol. The van der Waals surface area contributed by atoms with E-state index in [1.807, 2.05) is 37.4 Å². The number of benzene rings is 1. The van der Waals surface area contributed by atoms with E-state index in [9.17, 15) is 0 Å². The number of nitrogen functional groups attached to an aromatic ring is 1. The zero-order chi connectivity index (χ0) is 12.5. The summed E-state index contributed by atoms with van der Waals surface area (Å²) >= 11 is 0. The van der Waals surface area contributed by atoms with Crippen LogP contribution in [0.25, 0.3) is 10.8 Å². The molecule has 4 N–H and O–H groups in total. The lowest BCUT2D eigenvalue weighted by Gasteiger charge is -2.07. The van der Waals surface area contributed by atoms with E-state index in [4.69, 9.17) is 5.73 Å². The number of nitrogens with two attached hydrogens (primary N) is 1. The number of nitrogens with one attached hydrogen (secondary N) is 2. The van der Waals surface area contributed by atoms with Crippen LogP contribution in [-0.2, 0) is 0 Å². The van der Waals surface area contributed by atoms with Crippen LogP contribution in [-0.4, -0.2) is 15.0 Å². The van der Waals surface area contributed by atoms with Crippen LogP contribution in [0.4, 0.5) is 17.3 Å². The van der Waals surface area contributed by atoms with Crippen molar-refractivity contribution >= 4 is 28.1 Å². The first kappa shape index (κ1) is 10.6. The second-order valence-corrected chi connectivity index (χ2v) is 4.11. The average molecular weight is 239 g/mol. The number of aromatic nitrogens is 3. The molecule has 90 valence electrons. The van der Waals surface area contributed by atoms with Gasteiger partial charge in [0.1, 0.15) is 11.6 Å². The van der Waals surface area contributed by atoms with E-state index in [2.05, 4.69) is 20.3 Å². The van der Waals surface area contributed by atoms with E-state index in [0.717, 1.165) is 22.3 Å². The zero-order valence-electron chi connectivity index (χ0n) is 9.94. The first-order valence-corrected chi connectivity index (χ1v) is 5.66. The molecule has 0 aliphatic rings. The van der Waals surface area contributed by atoms with Crippen LogP contribution < -0.4 is 11.1 Å². The molecule has 5 heteroatoms. The lowest BCUT2D eigenvalue weighted by Crippen LogP contribution is -1.96. The highest BCUT2D eigenvalue weighted by Crippen LogP contribution is 2.27. The van der Waals surface area contributed by atoms with Crippen molar-refractivity contribution in [2.75, 3.05) is 11.1 Å². The van der Waals surface area contributed by atoms with Gasteiger partial charge < -0.3 is 16.0 Å². The Bertz CT molecular complexity index is 696. The molecule has 2 aromatic heterocycles. The fraction of sp³-hybridized carbons (Fsp3) is 0.0769. The molecule has 0 aliphatic heterocycles. The van der Waals surface area contributed by atoms with Crippen molar-refractivity contribution < 1.29 is 0 Å². The van der Waals surface area contributed by atoms with E-state index in [0.29, 0.717) is 11.6 Å². The number of hydrogen-bond acceptors (Lipinski definition) is 4. The minimum atomic E-state index is 0.540. The van der Waals surface area contributed by atoms with Gasteiger partial charge in [0.2, 0.25) is 0 Å². The molecule has 0 atom stereocenters.